The molecule has 102 valence electrons. The molecule has 1 heterocycles. The van der Waals surface area contributed by atoms with Crippen LogP contribution in [0.5, 0.6) is 0 Å². The third-order valence-corrected chi connectivity index (χ3v) is 3.44. The average molecular weight is 280 g/mol. The Morgan fingerprint density at radius 3 is 2.63 bits per heavy atom. The third-order valence-electron chi connectivity index (χ3n) is 3.07. The van der Waals surface area contributed by atoms with E-state index in [4.69, 9.17) is 16.1 Å². The number of rotatable bonds is 6. The number of benzene rings is 1. The van der Waals surface area contributed by atoms with Gasteiger partial charge in [-0.05, 0) is 24.7 Å². The molecule has 0 saturated carbocycles. The zero-order valence-corrected chi connectivity index (χ0v) is 12.0. The van der Waals surface area contributed by atoms with Gasteiger partial charge in [0.2, 0.25) is 5.89 Å². The Morgan fingerprint density at radius 2 is 1.95 bits per heavy atom. The highest BCUT2D eigenvalue weighted by Gasteiger charge is 2.11. The van der Waals surface area contributed by atoms with E-state index in [1.807, 2.05) is 24.3 Å². The van der Waals surface area contributed by atoms with Crippen molar-refractivity contribution < 1.29 is 4.52 Å². The van der Waals surface area contributed by atoms with Crippen LogP contribution in [0.2, 0.25) is 5.02 Å². The van der Waals surface area contributed by atoms with Crippen molar-refractivity contribution in [1.29, 1.82) is 0 Å². The van der Waals surface area contributed by atoms with Crippen LogP contribution in [0.4, 0.5) is 0 Å². The zero-order chi connectivity index (χ0) is 13.7. The lowest BCUT2D eigenvalue weighted by molar-refractivity contribution is 0.246. The minimum absolute atomic E-state index is 0.599. The summed E-state index contributed by atoms with van der Waals surface area (Å²) in [6.45, 7) is 6.87. The summed E-state index contributed by atoms with van der Waals surface area (Å²) in [5, 5.41) is 4.74. The van der Waals surface area contributed by atoms with Gasteiger partial charge in [0.15, 0.2) is 5.82 Å². The molecule has 0 atom stereocenters. The molecule has 0 unspecified atom stereocenters. The first kappa shape index (κ1) is 14.0. The summed E-state index contributed by atoms with van der Waals surface area (Å²) >= 11 is 6.12. The van der Waals surface area contributed by atoms with Gasteiger partial charge in [-0.3, -0.25) is 4.90 Å². The number of aromatic nitrogens is 2. The van der Waals surface area contributed by atoms with Crippen LogP contribution >= 0.6 is 11.6 Å². The molecule has 1 aromatic carbocycles. The molecule has 0 aliphatic heterocycles. The molecule has 0 aliphatic carbocycles. The summed E-state index contributed by atoms with van der Waals surface area (Å²) in [7, 11) is 0. The lowest BCUT2D eigenvalue weighted by Crippen LogP contribution is -2.22. The molecule has 0 bridgehead atoms. The molecule has 0 saturated heterocycles. The van der Waals surface area contributed by atoms with Gasteiger partial charge in [0.25, 0.3) is 0 Å². The van der Waals surface area contributed by atoms with E-state index in [-0.39, 0.29) is 0 Å². The van der Waals surface area contributed by atoms with Crippen LogP contribution in [0.25, 0.3) is 0 Å². The highest BCUT2D eigenvalue weighted by molar-refractivity contribution is 6.31. The predicted octanol–water partition coefficient (Wildman–Crippen LogP) is 3.16. The van der Waals surface area contributed by atoms with E-state index in [0.717, 1.165) is 23.7 Å². The molecule has 0 N–H and O–H groups in total. The third kappa shape index (κ3) is 3.78. The minimum Gasteiger partial charge on any atom is -0.338 e. The fourth-order valence-electron chi connectivity index (χ4n) is 1.88. The minimum atomic E-state index is 0.599. The predicted molar refractivity (Wildman–Crippen MR) is 75.2 cm³/mol. The normalized spacial score (nSPS) is 11.2. The second-order valence-electron chi connectivity index (χ2n) is 4.33. The van der Waals surface area contributed by atoms with E-state index in [2.05, 4.69) is 28.9 Å². The van der Waals surface area contributed by atoms with Crippen LogP contribution < -0.4 is 0 Å². The summed E-state index contributed by atoms with van der Waals surface area (Å²) in [6.07, 6.45) is 0.599. The summed E-state index contributed by atoms with van der Waals surface area (Å²) in [4.78, 5) is 6.63. The van der Waals surface area contributed by atoms with Gasteiger partial charge in [-0.25, -0.2) is 0 Å². The van der Waals surface area contributed by atoms with E-state index in [1.54, 1.807) is 0 Å². The Morgan fingerprint density at radius 1 is 1.21 bits per heavy atom. The van der Waals surface area contributed by atoms with E-state index in [0.29, 0.717) is 24.7 Å². The number of hydrogen-bond acceptors (Lipinski definition) is 4. The van der Waals surface area contributed by atoms with Crippen molar-refractivity contribution in [2.75, 3.05) is 13.1 Å². The zero-order valence-electron chi connectivity index (χ0n) is 11.3. The van der Waals surface area contributed by atoms with Gasteiger partial charge in [0, 0.05) is 11.4 Å². The fourth-order valence-corrected chi connectivity index (χ4v) is 2.08. The molecule has 4 nitrogen and oxygen atoms in total. The number of hydrogen-bond donors (Lipinski definition) is 0. The molecule has 0 spiro atoms. The SMILES string of the molecule is CCN(CC)Cc1nc(Cc2ccccc2Cl)no1. The Kier molecular flexibility index (Phi) is 4.93. The van der Waals surface area contributed by atoms with Gasteiger partial charge < -0.3 is 4.52 Å². The Labute approximate surface area is 118 Å². The molecule has 0 radical (unpaired) electrons. The molecule has 2 rings (SSSR count). The summed E-state index contributed by atoms with van der Waals surface area (Å²) in [5.41, 5.74) is 1.01. The molecule has 19 heavy (non-hydrogen) atoms. The highest BCUT2D eigenvalue weighted by atomic mass is 35.5. The van der Waals surface area contributed by atoms with E-state index < -0.39 is 0 Å². The largest absolute Gasteiger partial charge is 0.338 e. The molecular formula is C14H18ClN3O. The van der Waals surface area contributed by atoms with Crippen molar-refractivity contribution >= 4 is 11.6 Å². The molecule has 0 fully saturated rings. The van der Waals surface area contributed by atoms with E-state index >= 15 is 0 Å². The molecular weight excluding hydrogens is 262 g/mol. The average Bonchev–Trinajstić information content (AvgIpc) is 2.86. The van der Waals surface area contributed by atoms with Gasteiger partial charge >= 0.3 is 0 Å². The Hall–Kier alpha value is -1.39. The highest BCUT2D eigenvalue weighted by Crippen LogP contribution is 2.17. The maximum atomic E-state index is 6.12. The molecule has 1 aromatic heterocycles. The fraction of sp³-hybridized carbons (Fsp3) is 0.429. The van der Waals surface area contributed by atoms with E-state index in [9.17, 15) is 0 Å². The molecule has 0 aliphatic rings. The smallest absolute Gasteiger partial charge is 0.240 e. The first-order valence-corrected chi connectivity index (χ1v) is 6.88. The van der Waals surface area contributed by atoms with Crippen molar-refractivity contribution in [1.82, 2.24) is 15.0 Å². The van der Waals surface area contributed by atoms with Gasteiger partial charge in [0.1, 0.15) is 0 Å². The standard InChI is InChI=1S/C14H18ClN3O/c1-3-18(4-2)10-14-16-13(17-19-14)9-11-7-5-6-8-12(11)15/h5-8H,3-4,9-10H2,1-2H3. The van der Waals surface area contributed by atoms with Crippen LogP contribution in [0, 0.1) is 0 Å². The molecule has 2 aromatic rings. The second kappa shape index (κ2) is 6.68. The molecule has 5 heteroatoms. The summed E-state index contributed by atoms with van der Waals surface area (Å²) in [6, 6.07) is 7.71. The topological polar surface area (TPSA) is 42.2 Å². The van der Waals surface area contributed by atoms with Gasteiger partial charge in [-0.1, -0.05) is 48.8 Å². The number of nitrogens with zero attached hydrogens (tertiary/aromatic N) is 3. The number of halogens is 1. The van der Waals surface area contributed by atoms with Gasteiger partial charge in [-0.2, -0.15) is 4.98 Å². The van der Waals surface area contributed by atoms with Crippen molar-refractivity contribution in [2.45, 2.75) is 26.8 Å². The van der Waals surface area contributed by atoms with Crippen molar-refractivity contribution in [2.24, 2.45) is 0 Å². The first-order chi connectivity index (χ1) is 9.22. The molecule has 0 amide bonds. The maximum Gasteiger partial charge on any atom is 0.240 e. The lowest BCUT2D eigenvalue weighted by atomic mass is 10.1. The van der Waals surface area contributed by atoms with Crippen molar-refractivity contribution in [3.05, 3.63) is 46.6 Å². The lowest BCUT2D eigenvalue weighted by Gasteiger charge is -2.14. The Bertz CT molecular complexity index is 523. The summed E-state index contributed by atoms with van der Waals surface area (Å²) in [5.74, 6) is 1.33. The monoisotopic (exact) mass is 279 g/mol. The van der Waals surface area contributed by atoms with Crippen LogP contribution in [-0.4, -0.2) is 28.1 Å². The first-order valence-electron chi connectivity index (χ1n) is 6.50. The van der Waals surface area contributed by atoms with Crippen LogP contribution in [0.1, 0.15) is 31.1 Å². The second-order valence-corrected chi connectivity index (χ2v) is 4.74. The van der Waals surface area contributed by atoms with Gasteiger partial charge in [-0.15, -0.1) is 0 Å². The van der Waals surface area contributed by atoms with Crippen LogP contribution in [0.3, 0.4) is 0 Å². The van der Waals surface area contributed by atoms with Crippen LogP contribution in [0.15, 0.2) is 28.8 Å². The quantitative estimate of drug-likeness (QED) is 0.815. The van der Waals surface area contributed by atoms with Crippen molar-refractivity contribution in [3.63, 3.8) is 0 Å². The van der Waals surface area contributed by atoms with Gasteiger partial charge in [0.05, 0.1) is 6.54 Å². The summed E-state index contributed by atoms with van der Waals surface area (Å²) < 4.78 is 5.27. The van der Waals surface area contributed by atoms with E-state index in [1.165, 1.54) is 0 Å². The maximum absolute atomic E-state index is 6.12. The Balaban J connectivity index is 2.03. The van der Waals surface area contributed by atoms with Crippen molar-refractivity contribution in [3.8, 4) is 0 Å². The van der Waals surface area contributed by atoms with Crippen LogP contribution in [-0.2, 0) is 13.0 Å².